The molecule has 2 aliphatic heterocycles. The van der Waals surface area contributed by atoms with Gasteiger partial charge in [0.2, 0.25) is 5.91 Å². The van der Waals surface area contributed by atoms with E-state index in [1.165, 1.54) is 0 Å². The van der Waals surface area contributed by atoms with Gasteiger partial charge in [-0.2, -0.15) is 4.31 Å². The molecule has 3 atom stereocenters. The molecule has 1 unspecified atom stereocenters. The maximum absolute atomic E-state index is 14.9. The zero-order chi connectivity index (χ0) is 46.1. The van der Waals surface area contributed by atoms with Crippen LogP contribution in [0.1, 0.15) is 65.3 Å². The lowest BCUT2D eigenvalue weighted by Gasteiger charge is -2.36. The SMILES string of the molecule is Cc1nc(NC2CCCC2)sc1S(=O)(=O)N1Cc2cc3c(cc2C[C@H]1C(=O)N[C@@H](Cc1ccc(-c2ccc(N)cc2)cc1)C(=O)O)OCC(c1ccc(OCc2ccc(Cl)c(Cl)c2)cc1)O3. The van der Waals surface area contributed by atoms with Crippen LogP contribution in [0, 0.1) is 6.92 Å². The lowest BCUT2D eigenvalue weighted by Crippen LogP contribution is -2.55. The van der Waals surface area contributed by atoms with Crippen LogP contribution < -0.4 is 30.6 Å². The van der Waals surface area contributed by atoms with E-state index in [4.69, 9.17) is 43.1 Å². The molecule has 1 fully saturated rings. The molecule has 1 amide bonds. The Morgan fingerprint density at radius 3 is 2.29 bits per heavy atom. The highest BCUT2D eigenvalue weighted by molar-refractivity contribution is 7.91. The van der Waals surface area contributed by atoms with E-state index in [2.05, 4.69) is 15.6 Å². The van der Waals surface area contributed by atoms with Crippen molar-refractivity contribution in [3.63, 3.8) is 0 Å². The fourth-order valence-corrected chi connectivity index (χ4v) is 12.1. The Balaban J connectivity index is 0.954. The molecule has 1 aliphatic carbocycles. The number of aryl methyl sites for hydroxylation is 1. The van der Waals surface area contributed by atoms with Gasteiger partial charge in [0.05, 0.1) is 15.7 Å². The lowest BCUT2D eigenvalue weighted by atomic mass is 9.94. The summed E-state index contributed by atoms with van der Waals surface area (Å²) in [7, 11) is -4.36. The second-order valence-electron chi connectivity index (χ2n) is 16.8. The molecule has 13 nitrogen and oxygen atoms in total. The molecule has 66 heavy (non-hydrogen) atoms. The molecule has 17 heteroatoms. The number of aliphatic carboxylic acids is 1. The van der Waals surface area contributed by atoms with Gasteiger partial charge in [-0.1, -0.05) is 102 Å². The standard InChI is InChI=1S/C49H47Cl2N5O8S2/c1-28-48(65-49(53-28)54-37-4-2-3-5-37)66(60,61)56-25-35-24-44-43(63-27-45(64-44)33-13-17-38(18-14-33)62-26-30-8-19-39(50)40(51)20-30)23-34(35)22-42(56)46(57)55-41(47(58)59)21-29-6-9-31(10-7-29)32-11-15-36(52)16-12-32/h6-20,23-24,37,41-42,45H,2-5,21-22,25-27,52H2,1H3,(H,53,54)(H,55,57)(H,58,59)/t41-,42-,45?/m0/s1. The summed E-state index contributed by atoms with van der Waals surface area (Å²) in [5.74, 6) is -0.463. The molecule has 0 bridgehead atoms. The first-order chi connectivity index (χ1) is 31.8. The number of thiazole rings is 1. The first-order valence-corrected chi connectivity index (χ1v) is 24.6. The van der Waals surface area contributed by atoms with E-state index >= 15 is 0 Å². The Morgan fingerprint density at radius 1 is 0.909 bits per heavy atom. The van der Waals surface area contributed by atoms with Crippen molar-refractivity contribution in [2.24, 2.45) is 0 Å². The number of fused-ring (bicyclic) bond motifs is 2. The number of carbonyl (C=O) groups excluding carboxylic acids is 1. The number of ether oxygens (including phenoxy) is 3. The number of aromatic nitrogens is 1. The van der Waals surface area contributed by atoms with Gasteiger partial charge < -0.3 is 35.7 Å². The smallest absolute Gasteiger partial charge is 0.326 e. The molecule has 3 aliphatic rings. The number of sulfonamides is 1. The van der Waals surface area contributed by atoms with Crippen molar-refractivity contribution in [1.29, 1.82) is 0 Å². The lowest BCUT2D eigenvalue weighted by molar-refractivity contribution is -0.142. The molecule has 0 radical (unpaired) electrons. The topological polar surface area (TPSA) is 182 Å². The number of hydrogen-bond donors (Lipinski definition) is 4. The van der Waals surface area contributed by atoms with Crippen LogP contribution in [0.2, 0.25) is 10.0 Å². The van der Waals surface area contributed by atoms with Crippen LogP contribution in [0.25, 0.3) is 11.1 Å². The van der Waals surface area contributed by atoms with Gasteiger partial charge in [-0.25, -0.2) is 18.2 Å². The summed E-state index contributed by atoms with van der Waals surface area (Å²) in [6.45, 7) is 1.96. The van der Waals surface area contributed by atoms with Gasteiger partial charge in [0.1, 0.15) is 31.0 Å². The van der Waals surface area contributed by atoms with E-state index in [1.54, 1.807) is 43.3 Å². The monoisotopic (exact) mass is 967 g/mol. The van der Waals surface area contributed by atoms with Crippen molar-refractivity contribution < 1.29 is 37.3 Å². The highest BCUT2D eigenvalue weighted by Gasteiger charge is 2.43. The van der Waals surface area contributed by atoms with Crippen molar-refractivity contribution in [2.45, 2.75) is 87.0 Å². The molecule has 1 aromatic heterocycles. The summed E-state index contributed by atoms with van der Waals surface area (Å²) in [5.41, 5.74) is 12.4. The van der Waals surface area contributed by atoms with Gasteiger partial charge in [-0.3, -0.25) is 4.79 Å². The zero-order valence-electron chi connectivity index (χ0n) is 35.8. The van der Waals surface area contributed by atoms with E-state index in [-0.39, 0.29) is 36.2 Å². The molecule has 6 aromatic rings. The minimum absolute atomic E-state index is 0.0159. The molecule has 3 heterocycles. The second-order valence-corrected chi connectivity index (χ2v) is 20.7. The summed E-state index contributed by atoms with van der Waals surface area (Å²) in [6, 6.07) is 28.7. The number of benzene rings is 5. The van der Waals surface area contributed by atoms with Crippen LogP contribution >= 0.6 is 34.5 Å². The van der Waals surface area contributed by atoms with Gasteiger partial charge in [-0.15, -0.1) is 0 Å². The molecule has 9 rings (SSSR count). The molecule has 5 aromatic carbocycles. The maximum atomic E-state index is 14.9. The summed E-state index contributed by atoms with van der Waals surface area (Å²) in [4.78, 5) is 31.8. The fourth-order valence-electron chi connectivity index (χ4n) is 8.59. The van der Waals surface area contributed by atoms with Gasteiger partial charge in [-0.05, 0) is 114 Å². The van der Waals surface area contributed by atoms with Crippen molar-refractivity contribution in [3.8, 4) is 28.4 Å². The number of hydrogen-bond acceptors (Lipinski definition) is 11. The Morgan fingerprint density at radius 2 is 1.59 bits per heavy atom. The number of carbonyl (C=O) groups is 2. The summed E-state index contributed by atoms with van der Waals surface area (Å²) < 4.78 is 49.6. The number of carboxylic acid groups (broad SMARTS) is 1. The summed E-state index contributed by atoms with van der Waals surface area (Å²) >= 11 is 13.3. The number of amides is 1. The third-order valence-electron chi connectivity index (χ3n) is 12.2. The molecule has 0 spiro atoms. The van der Waals surface area contributed by atoms with Crippen LogP contribution in [0.15, 0.2) is 107 Å². The van der Waals surface area contributed by atoms with Gasteiger partial charge in [0.25, 0.3) is 10.0 Å². The van der Waals surface area contributed by atoms with E-state index in [0.717, 1.165) is 63.6 Å². The molecular formula is C49H47Cl2N5O8S2. The molecule has 0 saturated heterocycles. The number of halogens is 2. The van der Waals surface area contributed by atoms with Crippen LogP contribution in [-0.2, 0) is 45.6 Å². The number of nitrogens with two attached hydrogens (primary N) is 1. The Labute approximate surface area is 396 Å². The quantitative estimate of drug-likeness (QED) is 0.0764. The predicted molar refractivity (Wildman–Crippen MR) is 255 cm³/mol. The zero-order valence-corrected chi connectivity index (χ0v) is 39.0. The van der Waals surface area contributed by atoms with E-state index in [9.17, 15) is 23.1 Å². The van der Waals surface area contributed by atoms with Gasteiger partial charge in [0, 0.05) is 24.7 Å². The Hall–Kier alpha value is -5.84. The third kappa shape index (κ3) is 9.96. The normalized spacial score (nSPS) is 17.7. The number of nitrogen functional groups attached to an aromatic ring is 1. The number of anilines is 2. The molecule has 1 saturated carbocycles. The molecular weight excluding hydrogens is 922 g/mol. The van der Waals surface area contributed by atoms with E-state index in [0.29, 0.717) is 67.1 Å². The van der Waals surface area contributed by atoms with Crippen molar-refractivity contribution in [2.75, 3.05) is 17.7 Å². The predicted octanol–water partition coefficient (Wildman–Crippen LogP) is 9.38. The highest BCUT2D eigenvalue weighted by atomic mass is 35.5. The highest BCUT2D eigenvalue weighted by Crippen LogP contribution is 2.43. The summed E-state index contributed by atoms with van der Waals surface area (Å²) in [6.07, 6.45) is 3.57. The average molecular weight is 969 g/mol. The van der Waals surface area contributed by atoms with Crippen molar-refractivity contribution in [1.82, 2.24) is 14.6 Å². The largest absolute Gasteiger partial charge is 0.489 e. The van der Waals surface area contributed by atoms with Gasteiger partial charge in [0.15, 0.2) is 26.9 Å². The average Bonchev–Trinajstić information content (AvgIpc) is 3.97. The number of rotatable bonds is 14. The number of carboxylic acids is 1. The molecule has 342 valence electrons. The molecule has 5 N–H and O–H groups in total. The van der Waals surface area contributed by atoms with Crippen LogP contribution in [0.4, 0.5) is 10.8 Å². The summed E-state index contributed by atoms with van der Waals surface area (Å²) in [5, 5.41) is 17.9. The minimum Gasteiger partial charge on any atom is -0.489 e. The van der Waals surface area contributed by atoms with Crippen LogP contribution in [0.3, 0.4) is 0 Å². The van der Waals surface area contributed by atoms with Crippen molar-refractivity contribution >= 4 is 67.3 Å². The first-order valence-electron chi connectivity index (χ1n) is 21.6. The Bertz CT molecular complexity index is 2870. The minimum atomic E-state index is -4.36. The first kappa shape index (κ1) is 45.3. The third-order valence-corrected chi connectivity index (χ3v) is 16.5. The Kier molecular flexibility index (Phi) is 13.2. The number of nitrogens with zero attached hydrogens (tertiary/aromatic N) is 2. The fraction of sp³-hybridized carbons (Fsp3) is 0.286. The van der Waals surface area contributed by atoms with Crippen LogP contribution in [-0.4, -0.2) is 59.4 Å². The maximum Gasteiger partial charge on any atom is 0.326 e. The van der Waals surface area contributed by atoms with Crippen LogP contribution in [0.5, 0.6) is 17.2 Å². The second kappa shape index (κ2) is 19.2. The van der Waals surface area contributed by atoms with Crippen molar-refractivity contribution in [3.05, 3.63) is 147 Å². The van der Waals surface area contributed by atoms with E-state index < -0.39 is 40.1 Å². The van der Waals surface area contributed by atoms with Gasteiger partial charge >= 0.3 is 5.97 Å². The van der Waals surface area contributed by atoms with E-state index in [1.807, 2.05) is 66.7 Å². The number of nitrogens with one attached hydrogen (secondary N) is 2.